The van der Waals surface area contributed by atoms with E-state index in [1.165, 1.54) is 16.4 Å². The van der Waals surface area contributed by atoms with Gasteiger partial charge in [-0.25, -0.2) is 4.68 Å². The fourth-order valence-electron chi connectivity index (χ4n) is 2.95. The Morgan fingerprint density at radius 2 is 2.07 bits per heavy atom. The lowest BCUT2D eigenvalue weighted by atomic mass is 10.1. The van der Waals surface area contributed by atoms with E-state index in [1.807, 2.05) is 43.3 Å². The topological polar surface area (TPSA) is 84.4 Å². The van der Waals surface area contributed by atoms with Crippen LogP contribution in [0.5, 0.6) is 11.5 Å². The van der Waals surface area contributed by atoms with Gasteiger partial charge >= 0.3 is 0 Å². The number of nitrogen functional groups attached to an aromatic ring is 1. The van der Waals surface area contributed by atoms with Crippen LogP contribution < -0.4 is 15.3 Å². The smallest absolute Gasteiger partial charge is 0.210 e. The van der Waals surface area contributed by atoms with Crippen molar-refractivity contribution in [1.29, 1.82) is 0 Å². The summed E-state index contributed by atoms with van der Waals surface area (Å²) in [6.07, 6.45) is 0. The lowest BCUT2D eigenvalue weighted by molar-refractivity contribution is -0.0168. The molecule has 0 spiro atoms. The first-order valence-electron chi connectivity index (χ1n) is 8.74. The second-order valence-corrected chi connectivity index (χ2v) is 7.46. The highest BCUT2D eigenvalue weighted by atomic mass is 35.5. The van der Waals surface area contributed by atoms with Crippen LogP contribution in [0.2, 0.25) is 5.02 Å². The molecule has 1 aliphatic rings. The highest BCUT2D eigenvalue weighted by Gasteiger charge is 2.18. The van der Waals surface area contributed by atoms with Gasteiger partial charge in [0, 0.05) is 27.5 Å². The van der Waals surface area contributed by atoms with E-state index in [1.54, 1.807) is 0 Å². The number of nitrogens with two attached hydrogens (primary N) is 1. The average molecular weight is 419 g/mol. The Bertz CT molecular complexity index is 978. The minimum Gasteiger partial charge on any atom is -0.494 e. The number of ether oxygens (including phenoxy) is 3. The van der Waals surface area contributed by atoms with Crippen molar-refractivity contribution in [2.24, 2.45) is 0 Å². The zero-order valence-corrected chi connectivity index (χ0v) is 16.8. The summed E-state index contributed by atoms with van der Waals surface area (Å²) in [5.74, 6) is 9.03. The number of hydrogen-bond donors (Lipinski definition) is 1. The van der Waals surface area contributed by atoms with Gasteiger partial charge in [-0.1, -0.05) is 23.4 Å². The summed E-state index contributed by atoms with van der Waals surface area (Å²) in [5, 5.41) is 9.70. The SMILES string of the molecule is CCOc1ccc(-c2nnc(SCc3cc(Cl)cc4c3OCOC4)n2N)cc1. The van der Waals surface area contributed by atoms with Crippen molar-refractivity contribution in [1.82, 2.24) is 14.9 Å². The number of aromatic nitrogens is 3. The van der Waals surface area contributed by atoms with Gasteiger partial charge in [0.2, 0.25) is 5.16 Å². The zero-order chi connectivity index (χ0) is 19.5. The van der Waals surface area contributed by atoms with Gasteiger partial charge < -0.3 is 20.1 Å². The van der Waals surface area contributed by atoms with E-state index in [0.29, 0.717) is 35.0 Å². The van der Waals surface area contributed by atoms with Crippen molar-refractivity contribution < 1.29 is 14.2 Å². The molecule has 0 unspecified atom stereocenters. The third kappa shape index (κ3) is 3.89. The number of benzene rings is 2. The first kappa shape index (κ1) is 18.9. The molecule has 0 amide bonds. The summed E-state index contributed by atoms with van der Waals surface area (Å²) >= 11 is 7.69. The summed E-state index contributed by atoms with van der Waals surface area (Å²) in [4.78, 5) is 0. The summed E-state index contributed by atoms with van der Waals surface area (Å²) in [7, 11) is 0. The first-order chi connectivity index (χ1) is 13.7. The van der Waals surface area contributed by atoms with Crippen molar-refractivity contribution in [3.63, 3.8) is 0 Å². The Balaban J connectivity index is 1.52. The van der Waals surface area contributed by atoms with Crippen molar-refractivity contribution in [3.8, 4) is 22.9 Å². The van der Waals surface area contributed by atoms with Crippen molar-refractivity contribution in [3.05, 3.63) is 52.5 Å². The lowest BCUT2D eigenvalue weighted by Crippen LogP contribution is -2.13. The van der Waals surface area contributed by atoms with Crippen molar-refractivity contribution in [2.75, 3.05) is 19.2 Å². The van der Waals surface area contributed by atoms with Crippen LogP contribution in [0.3, 0.4) is 0 Å². The maximum Gasteiger partial charge on any atom is 0.210 e. The molecule has 1 aromatic heterocycles. The van der Waals surface area contributed by atoms with Crippen LogP contribution in [0.1, 0.15) is 18.1 Å². The largest absolute Gasteiger partial charge is 0.494 e. The minimum absolute atomic E-state index is 0.237. The third-order valence-electron chi connectivity index (χ3n) is 4.20. The van der Waals surface area contributed by atoms with E-state index in [2.05, 4.69) is 10.2 Å². The fraction of sp³-hybridized carbons (Fsp3) is 0.263. The van der Waals surface area contributed by atoms with E-state index >= 15 is 0 Å². The molecule has 0 fully saturated rings. The van der Waals surface area contributed by atoms with Crippen LogP contribution in [-0.4, -0.2) is 28.3 Å². The van der Waals surface area contributed by atoms with Gasteiger partial charge in [-0.15, -0.1) is 10.2 Å². The highest BCUT2D eigenvalue weighted by Crippen LogP contribution is 2.35. The normalized spacial score (nSPS) is 13.1. The second kappa shape index (κ2) is 8.30. The molecule has 2 N–H and O–H groups in total. The Morgan fingerprint density at radius 3 is 2.86 bits per heavy atom. The molecule has 1 aliphatic heterocycles. The van der Waals surface area contributed by atoms with Crippen LogP contribution in [0, 0.1) is 0 Å². The molecular weight excluding hydrogens is 400 g/mol. The Hall–Kier alpha value is -2.42. The molecule has 28 heavy (non-hydrogen) atoms. The van der Waals surface area contributed by atoms with E-state index in [0.717, 1.165) is 28.2 Å². The number of nitrogens with zero attached hydrogens (tertiary/aromatic N) is 3. The quantitative estimate of drug-likeness (QED) is 0.480. The van der Waals surface area contributed by atoms with Gasteiger partial charge in [-0.3, -0.25) is 0 Å². The molecule has 2 heterocycles. The van der Waals surface area contributed by atoms with Crippen LogP contribution in [-0.2, 0) is 17.1 Å². The number of halogens is 1. The summed E-state index contributed by atoms with van der Waals surface area (Å²) < 4.78 is 17.9. The molecule has 146 valence electrons. The Morgan fingerprint density at radius 1 is 1.25 bits per heavy atom. The predicted molar refractivity (Wildman–Crippen MR) is 108 cm³/mol. The molecule has 0 saturated carbocycles. The number of hydrogen-bond acceptors (Lipinski definition) is 7. The summed E-state index contributed by atoms with van der Waals surface area (Å²) in [6, 6.07) is 11.3. The monoisotopic (exact) mass is 418 g/mol. The molecular formula is C19H19ClN4O3S. The van der Waals surface area contributed by atoms with Crippen molar-refractivity contribution >= 4 is 23.4 Å². The number of thioether (sulfide) groups is 1. The molecule has 0 saturated heterocycles. The van der Waals surface area contributed by atoms with Gasteiger partial charge in [-0.05, 0) is 43.3 Å². The molecule has 0 aliphatic carbocycles. The first-order valence-corrected chi connectivity index (χ1v) is 10.1. The molecule has 0 bridgehead atoms. The number of fused-ring (bicyclic) bond motifs is 1. The summed E-state index contributed by atoms with van der Waals surface area (Å²) in [6.45, 7) is 3.29. The highest BCUT2D eigenvalue weighted by molar-refractivity contribution is 7.98. The minimum atomic E-state index is 0.237. The van der Waals surface area contributed by atoms with E-state index in [4.69, 9.17) is 31.7 Å². The van der Waals surface area contributed by atoms with E-state index < -0.39 is 0 Å². The lowest BCUT2D eigenvalue weighted by Gasteiger charge is -2.20. The molecule has 9 heteroatoms. The standard InChI is InChI=1S/C19H19ClN4O3S/c1-2-26-16-5-3-12(4-6-16)18-22-23-19(24(18)21)28-10-14-8-15(20)7-13-9-25-11-27-17(13)14/h3-8H,2,9-11,21H2,1H3. The van der Waals surface area contributed by atoms with E-state index in [-0.39, 0.29) is 6.79 Å². The summed E-state index contributed by atoms with van der Waals surface area (Å²) in [5.41, 5.74) is 2.78. The van der Waals surface area contributed by atoms with Crippen LogP contribution in [0.4, 0.5) is 0 Å². The Kier molecular flexibility index (Phi) is 5.61. The van der Waals surface area contributed by atoms with Gasteiger partial charge in [-0.2, -0.15) is 0 Å². The van der Waals surface area contributed by atoms with Crippen LogP contribution in [0.25, 0.3) is 11.4 Å². The average Bonchev–Trinajstić information content (AvgIpc) is 3.07. The molecule has 3 aromatic rings. The molecule has 0 radical (unpaired) electrons. The van der Waals surface area contributed by atoms with Gasteiger partial charge in [0.1, 0.15) is 11.5 Å². The van der Waals surface area contributed by atoms with Gasteiger partial charge in [0.05, 0.1) is 13.2 Å². The third-order valence-corrected chi connectivity index (χ3v) is 5.41. The second-order valence-electron chi connectivity index (χ2n) is 6.09. The van der Waals surface area contributed by atoms with Gasteiger partial charge in [0.25, 0.3) is 0 Å². The maximum atomic E-state index is 6.23. The van der Waals surface area contributed by atoms with Crippen LogP contribution >= 0.6 is 23.4 Å². The van der Waals surface area contributed by atoms with Crippen molar-refractivity contribution in [2.45, 2.75) is 24.4 Å². The van der Waals surface area contributed by atoms with Gasteiger partial charge in [0.15, 0.2) is 12.6 Å². The predicted octanol–water partition coefficient (Wildman–Crippen LogP) is 3.87. The van der Waals surface area contributed by atoms with Crippen LogP contribution in [0.15, 0.2) is 41.6 Å². The molecule has 7 nitrogen and oxygen atoms in total. The fourth-order valence-corrected chi connectivity index (χ4v) is 4.03. The zero-order valence-electron chi connectivity index (χ0n) is 15.2. The molecule has 0 atom stereocenters. The van der Waals surface area contributed by atoms with E-state index in [9.17, 15) is 0 Å². The molecule has 4 rings (SSSR count). The Labute approximate surface area is 171 Å². The maximum absolute atomic E-state index is 6.23. The molecule has 2 aromatic carbocycles. The number of rotatable bonds is 6.